The Hall–Kier alpha value is -0.340. The molecule has 2 heteroatoms. The maximum absolute atomic E-state index is 5.20. The lowest BCUT2D eigenvalue weighted by molar-refractivity contribution is 0.806. The molecule has 48 valence electrons. The normalized spacial score (nSPS) is 10.8. The topological polar surface area (TPSA) is 38.0 Å². The predicted octanol–water partition coefficient (Wildman–Crippen LogP) is 0.111. The van der Waals surface area contributed by atoms with Crippen molar-refractivity contribution < 1.29 is 0 Å². The molecule has 8 heavy (non-hydrogen) atoms. The van der Waals surface area contributed by atoms with Crippen molar-refractivity contribution >= 4 is 0 Å². The second-order valence-electron chi connectivity index (χ2n) is 1.60. The number of nitrogens with two attached hydrogens (primary N) is 1. The van der Waals surface area contributed by atoms with Gasteiger partial charge in [0.05, 0.1) is 0 Å². The van der Waals surface area contributed by atoms with Gasteiger partial charge in [-0.1, -0.05) is 12.2 Å². The van der Waals surface area contributed by atoms with E-state index in [4.69, 9.17) is 5.73 Å². The Morgan fingerprint density at radius 1 is 1.50 bits per heavy atom. The average molecular weight is 114 g/mol. The minimum Gasteiger partial charge on any atom is -0.327 e. The van der Waals surface area contributed by atoms with Crippen LogP contribution in [0.3, 0.4) is 0 Å². The molecule has 0 saturated heterocycles. The molecular weight excluding hydrogens is 100 g/mol. The Kier molecular flexibility index (Phi) is 6.38. The van der Waals surface area contributed by atoms with Crippen LogP contribution in [-0.4, -0.2) is 20.1 Å². The van der Waals surface area contributed by atoms with E-state index in [-0.39, 0.29) is 0 Å². The third-order valence-electron chi connectivity index (χ3n) is 0.864. The van der Waals surface area contributed by atoms with Crippen LogP contribution in [0.2, 0.25) is 0 Å². The van der Waals surface area contributed by atoms with E-state index in [0.717, 1.165) is 13.0 Å². The van der Waals surface area contributed by atoms with Crippen LogP contribution >= 0.6 is 0 Å². The Morgan fingerprint density at radius 3 is 2.75 bits per heavy atom. The first-order valence-electron chi connectivity index (χ1n) is 2.91. The third kappa shape index (κ3) is 5.66. The zero-order valence-corrected chi connectivity index (χ0v) is 5.35. The van der Waals surface area contributed by atoms with Gasteiger partial charge >= 0.3 is 0 Å². The Morgan fingerprint density at radius 2 is 2.25 bits per heavy atom. The largest absolute Gasteiger partial charge is 0.327 e. The summed E-state index contributed by atoms with van der Waals surface area (Å²) in [5, 5.41) is 3.03. The van der Waals surface area contributed by atoms with Crippen molar-refractivity contribution in [3.8, 4) is 0 Å². The van der Waals surface area contributed by atoms with Crippen molar-refractivity contribution in [1.29, 1.82) is 0 Å². The van der Waals surface area contributed by atoms with Crippen LogP contribution in [-0.2, 0) is 0 Å². The first-order valence-corrected chi connectivity index (χ1v) is 2.91. The molecule has 0 saturated carbocycles. The zero-order valence-electron chi connectivity index (χ0n) is 5.35. The molecule has 0 spiro atoms. The summed E-state index contributed by atoms with van der Waals surface area (Å²) in [7, 11) is 1.94. The minimum absolute atomic E-state index is 0.656. The van der Waals surface area contributed by atoms with Crippen LogP contribution in [0.25, 0.3) is 0 Å². The summed E-state index contributed by atoms with van der Waals surface area (Å²) < 4.78 is 0. The Balaban J connectivity index is 2.80. The molecule has 0 aliphatic heterocycles. The molecule has 0 amide bonds. The lowest BCUT2D eigenvalue weighted by Gasteiger charge is -1.88. The number of nitrogens with one attached hydrogen (secondary N) is 1. The van der Waals surface area contributed by atoms with Gasteiger partial charge in [-0.2, -0.15) is 0 Å². The number of hydrogen-bond acceptors (Lipinski definition) is 2. The van der Waals surface area contributed by atoms with Crippen LogP contribution in [0.5, 0.6) is 0 Å². The number of hydrogen-bond donors (Lipinski definition) is 2. The van der Waals surface area contributed by atoms with Crippen molar-refractivity contribution in [3.05, 3.63) is 12.2 Å². The van der Waals surface area contributed by atoms with Gasteiger partial charge in [0, 0.05) is 6.54 Å². The van der Waals surface area contributed by atoms with Crippen LogP contribution in [0.1, 0.15) is 6.42 Å². The van der Waals surface area contributed by atoms with Crippen LogP contribution < -0.4 is 11.1 Å². The fourth-order valence-corrected chi connectivity index (χ4v) is 0.442. The van der Waals surface area contributed by atoms with Gasteiger partial charge in [0.2, 0.25) is 0 Å². The smallest absolute Gasteiger partial charge is 0.0106 e. The van der Waals surface area contributed by atoms with Crippen LogP contribution in [0, 0.1) is 0 Å². The molecule has 0 bridgehead atoms. The molecular formula is C6H14N2. The first-order chi connectivity index (χ1) is 3.91. The van der Waals surface area contributed by atoms with Crippen molar-refractivity contribution in [1.82, 2.24) is 5.32 Å². The Bertz CT molecular complexity index is 59.5. The molecule has 0 unspecified atom stereocenters. The van der Waals surface area contributed by atoms with Gasteiger partial charge in [0.1, 0.15) is 0 Å². The van der Waals surface area contributed by atoms with E-state index in [1.807, 2.05) is 13.1 Å². The molecule has 0 fully saturated rings. The SMILES string of the molecule is CNCC/C=C/CN. The van der Waals surface area contributed by atoms with E-state index in [0.29, 0.717) is 6.54 Å². The van der Waals surface area contributed by atoms with Gasteiger partial charge in [-0.05, 0) is 20.0 Å². The highest BCUT2D eigenvalue weighted by atomic mass is 14.8. The van der Waals surface area contributed by atoms with Gasteiger partial charge in [-0.15, -0.1) is 0 Å². The third-order valence-corrected chi connectivity index (χ3v) is 0.864. The molecule has 2 nitrogen and oxygen atoms in total. The van der Waals surface area contributed by atoms with Gasteiger partial charge in [-0.25, -0.2) is 0 Å². The predicted molar refractivity (Wildman–Crippen MR) is 36.7 cm³/mol. The van der Waals surface area contributed by atoms with Crippen molar-refractivity contribution in [2.24, 2.45) is 5.73 Å². The summed E-state index contributed by atoms with van der Waals surface area (Å²) in [5.41, 5.74) is 5.20. The van der Waals surface area contributed by atoms with Crippen LogP contribution in [0.4, 0.5) is 0 Å². The lowest BCUT2D eigenvalue weighted by Crippen LogP contribution is -2.06. The average Bonchev–Trinajstić information content (AvgIpc) is 1.81. The van der Waals surface area contributed by atoms with E-state index < -0.39 is 0 Å². The molecule has 0 aromatic carbocycles. The van der Waals surface area contributed by atoms with Gasteiger partial charge in [0.25, 0.3) is 0 Å². The number of rotatable bonds is 4. The lowest BCUT2D eigenvalue weighted by atomic mass is 10.4. The summed E-state index contributed by atoms with van der Waals surface area (Å²) in [6, 6.07) is 0. The van der Waals surface area contributed by atoms with E-state index >= 15 is 0 Å². The summed E-state index contributed by atoms with van der Waals surface area (Å²) >= 11 is 0. The minimum atomic E-state index is 0.656. The highest BCUT2D eigenvalue weighted by molar-refractivity contribution is 4.82. The van der Waals surface area contributed by atoms with Gasteiger partial charge in [0.15, 0.2) is 0 Å². The first kappa shape index (κ1) is 7.66. The molecule has 0 radical (unpaired) electrons. The standard InChI is InChI=1S/C6H14N2/c1-8-6-4-2-3-5-7/h2-3,8H,4-7H2,1H3/b3-2+. The summed E-state index contributed by atoms with van der Waals surface area (Å²) in [6.45, 7) is 1.69. The molecule has 0 rings (SSSR count). The van der Waals surface area contributed by atoms with Crippen LogP contribution in [0.15, 0.2) is 12.2 Å². The van der Waals surface area contributed by atoms with E-state index in [1.165, 1.54) is 0 Å². The molecule has 0 aromatic heterocycles. The highest BCUT2D eigenvalue weighted by Crippen LogP contribution is 1.76. The maximum Gasteiger partial charge on any atom is 0.0106 e. The van der Waals surface area contributed by atoms with Gasteiger partial charge < -0.3 is 11.1 Å². The molecule has 0 aromatic rings. The van der Waals surface area contributed by atoms with Crippen molar-refractivity contribution in [2.75, 3.05) is 20.1 Å². The van der Waals surface area contributed by atoms with Crippen molar-refractivity contribution in [3.63, 3.8) is 0 Å². The Labute approximate surface area is 50.8 Å². The van der Waals surface area contributed by atoms with Crippen molar-refractivity contribution in [2.45, 2.75) is 6.42 Å². The van der Waals surface area contributed by atoms with E-state index in [1.54, 1.807) is 0 Å². The van der Waals surface area contributed by atoms with E-state index in [2.05, 4.69) is 11.4 Å². The maximum atomic E-state index is 5.20. The molecule has 3 N–H and O–H groups in total. The summed E-state index contributed by atoms with van der Waals surface area (Å²) in [5.74, 6) is 0. The molecule has 0 aliphatic rings. The van der Waals surface area contributed by atoms with Gasteiger partial charge in [-0.3, -0.25) is 0 Å². The second-order valence-corrected chi connectivity index (χ2v) is 1.60. The fourth-order valence-electron chi connectivity index (χ4n) is 0.442. The molecule has 0 heterocycles. The molecule has 0 aliphatic carbocycles. The molecule has 0 atom stereocenters. The second kappa shape index (κ2) is 6.66. The quantitative estimate of drug-likeness (QED) is 0.402. The van der Waals surface area contributed by atoms with E-state index in [9.17, 15) is 0 Å². The summed E-state index contributed by atoms with van der Waals surface area (Å²) in [6.07, 6.45) is 5.13. The fraction of sp³-hybridized carbons (Fsp3) is 0.667. The zero-order chi connectivity index (χ0) is 6.24. The highest BCUT2D eigenvalue weighted by Gasteiger charge is 1.72. The summed E-state index contributed by atoms with van der Waals surface area (Å²) in [4.78, 5) is 0. The monoisotopic (exact) mass is 114 g/mol.